The van der Waals surface area contributed by atoms with Crippen LogP contribution in [0, 0.1) is 6.92 Å². The van der Waals surface area contributed by atoms with Crippen LogP contribution in [0.3, 0.4) is 0 Å². The summed E-state index contributed by atoms with van der Waals surface area (Å²) in [4.78, 5) is 4.20. The minimum Gasteiger partial charge on any atom is -0.421 e. The van der Waals surface area contributed by atoms with Crippen molar-refractivity contribution in [2.75, 3.05) is 6.54 Å². The second-order valence-corrected chi connectivity index (χ2v) is 4.13. The highest BCUT2D eigenvalue weighted by atomic mass is 16.5. The molecule has 0 bridgehead atoms. The number of ether oxygens (including phenoxy) is 1. The molecule has 0 aliphatic carbocycles. The third-order valence-electron chi connectivity index (χ3n) is 2.55. The summed E-state index contributed by atoms with van der Waals surface area (Å²) in [5, 5.41) is 7.50. The number of aromatic nitrogens is 3. The van der Waals surface area contributed by atoms with Gasteiger partial charge in [-0.15, -0.1) is 0 Å². The number of nitrogens with one attached hydrogen (secondary N) is 1. The van der Waals surface area contributed by atoms with Crippen LogP contribution in [0.4, 0.5) is 0 Å². The lowest BCUT2D eigenvalue weighted by Gasteiger charge is -2.06. The molecule has 0 saturated heterocycles. The van der Waals surface area contributed by atoms with Crippen LogP contribution in [0.15, 0.2) is 24.4 Å². The summed E-state index contributed by atoms with van der Waals surface area (Å²) in [5.74, 6) is 1.29. The standard InChI is InChI=1S/C13H18N4O/c1-4-14-9-11-5-6-15-12(8-11)18-13-7-10(2)16-17(13)3/h5-8,14H,4,9H2,1-3H3. The molecule has 0 aliphatic rings. The fraction of sp³-hybridized carbons (Fsp3) is 0.385. The van der Waals surface area contributed by atoms with Gasteiger partial charge < -0.3 is 10.1 Å². The van der Waals surface area contributed by atoms with Gasteiger partial charge in [0, 0.05) is 31.9 Å². The van der Waals surface area contributed by atoms with Crippen LogP contribution in [-0.2, 0) is 13.6 Å². The zero-order valence-electron chi connectivity index (χ0n) is 11.0. The number of nitrogens with zero attached hydrogens (tertiary/aromatic N) is 3. The molecule has 5 heteroatoms. The molecule has 96 valence electrons. The molecular formula is C13H18N4O. The summed E-state index contributed by atoms with van der Waals surface area (Å²) in [7, 11) is 1.85. The zero-order chi connectivity index (χ0) is 13.0. The van der Waals surface area contributed by atoms with Crippen LogP contribution in [-0.4, -0.2) is 21.3 Å². The maximum absolute atomic E-state index is 5.71. The first-order chi connectivity index (χ1) is 8.69. The summed E-state index contributed by atoms with van der Waals surface area (Å²) in [6.07, 6.45) is 1.76. The van der Waals surface area contributed by atoms with Gasteiger partial charge >= 0.3 is 0 Å². The minimum absolute atomic E-state index is 0.591. The lowest BCUT2D eigenvalue weighted by molar-refractivity contribution is 0.414. The zero-order valence-corrected chi connectivity index (χ0v) is 11.0. The monoisotopic (exact) mass is 246 g/mol. The van der Waals surface area contributed by atoms with E-state index in [-0.39, 0.29) is 0 Å². The van der Waals surface area contributed by atoms with Crippen molar-refractivity contribution in [1.29, 1.82) is 0 Å². The Kier molecular flexibility index (Phi) is 3.94. The molecule has 1 N–H and O–H groups in total. The van der Waals surface area contributed by atoms with E-state index in [1.165, 1.54) is 0 Å². The van der Waals surface area contributed by atoms with E-state index in [1.807, 2.05) is 32.2 Å². The second kappa shape index (κ2) is 5.64. The number of hydrogen-bond acceptors (Lipinski definition) is 4. The Morgan fingerprint density at radius 1 is 1.39 bits per heavy atom. The average Bonchev–Trinajstić information content (AvgIpc) is 2.66. The summed E-state index contributed by atoms with van der Waals surface area (Å²) in [6.45, 7) is 5.78. The molecule has 0 unspecified atom stereocenters. The lowest BCUT2D eigenvalue weighted by Crippen LogP contribution is -2.11. The first-order valence-corrected chi connectivity index (χ1v) is 6.03. The molecular weight excluding hydrogens is 228 g/mol. The average molecular weight is 246 g/mol. The molecule has 5 nitrogen and oxygen atoms in total. The Hall–Kier alpha value is -1.88. The van der Waals surface area contributed by atoms with Crippen LogP contribution in [0.25, 0.3) is 0 Å². The topological polar surface area (TPSA) is 52.0 Å². The SMILES string of the molecule is CCNCc1ccnc(Oc2cc(C)nn2C)c1. The maximum atomic E-state index is 5.71. The molecule has 2 rings (SSSR count). The first kappa shape index (κ1) is 12.6. The Balaban J connectivity index is 2.11. The Bertz CT molecular complexity index is 521. The van der Waals surface area contributed by atoms with Gasteiger partial charge in [-0.05, 0) is 25.1 Å². The largest absolute Gasteiger partial charge is 0.421 e. The van der Waals surface area contributed by atoms with Crippen LogP contribution in [0.1, 0.15) is 18.2 Å². The van der Waals surface area contributed by atoms with Crippen molar-refractivity contribution in [3.05, 3.63) is 35.7 Å². The third kappa shape index (κ3) is 3.07. The molecule has 0 saturated carbocycles. The predicted octanol–water partition coefficient (Wildman–Crippen LogP) is 2.03. The van der Waals surface area contributed by atoms with Gasteiger partial charge in [0.25, 0.3) is 0 Å². The second-order valence-electron chi connectivity index (χ2n) is 4.13. The Morgan fingerprint density at radius 3 is 2.89 bits per heavy atom. The predicted molar refractivity (Wildman–Crippen MR) is 69.6 cm³/mol. The van der Waals surface area contributed by atoms with Crippen molar-refractivity contribution in [1.82, 2.24) is 20.1 Å². The highest BCUT2D eigenvalue weighted by molar-refractivity contribution is 5.25. The van der Waals surface area contributed by atoms with Crippen molar-refractivity contribution in [2.45, 2.75) is 20.4 Å². The molecule has 0 fully saturated rings. The van der Waals surface area contributed by atoms with E-state index in [9.17, 15) is 0 Å². The van der Waals surface area contributed by atoms with E-state index >= 15 is 0 Å². The summed E-state index contributed by atoms with van der Waals surface area (Å²) in [6, 6.07) is 5.80. The summed E-state index contributed by atoms with van der Waals surface area (Å²) < 4.78 is 7.41. The number of aryl methyl sites for hydroxylation is 2. The fourth-order valence-corrected chi connectivity index (χ4v) is 1.68. The molecule has 0 aliphatic heterocycles. The highest BCUT2D eigenvalue weighted by Crippen LogP contribution is 2.20. The number of rotatable bonds is 5. The number of hydrogen-bond donors (Lipinski definition) is 1. The smallest absolute Gasteiger partial charge is 0.221 e. The van der Waals surface area contributed by atoms with E-state index in [0.29, 0.717) is 11.8 Å². The van der Waals surface area contributed by atoms with Gasteiger partial charge in [-0.2, -0.15) is 5.10 Å². The van der Waals surface area contributed by atoms with Crippen molar-refractivity contribution in [3.8, 4) is 11.8 Å². The fourth-order valence-electron chi connectivity index (χ4n) is 1.68. The van der Waals surface area contributed by atoms with Gasteiger partial charge in [0.15, 0.2) is 0 Å². The molecule has 0 amide bonds. The molecule has 0 spiro atoms. The van der Waals surface area contributed by atoms with E-state index in [0.717, 1.165) is 24.3 Å². The molecule has 0 radical (unpaired) electrons. The molecule has 2 aromatic heterocycles. The Morgan fingerprint density at radius 2 is 2.22 bits per heavy atom. The van der Waals surface area contributed by atoms with Gasteiger partial charge in [0.05, 0.1) is 5.69 Å². The van der Waals surface area contributed by atoms with E-state index < -0.39 is 0 Å². The molecule has 0 atom stereocenters. The van der Waals surface area contributed by atoms with Gasteiger partial charge in [-0.1, -0.05) is 6.92 Å². The normalized spacial score (nSPS) is 10.6. The number of pyridine rings is 1. The van der Waals surface area contributed by atoms with Crippen LogP contribution < -0.4 is 10.1 Å². The van der Waals surface area contributed by atoms with Gasteiger partial charge in [-0.3, -0.25) is 0 Å². The van der Waals surface area contributed by atoms with Gasteiger partial charge in [-0.25, -0.2) is 9.67 Å². The van der Waals surface area contributed by atoms with Crippen molar-refractivity contribution in [2.24, 2.45) is 7.05 Å². The summed E-state index contributed by atoms with van der Waals surface area (Å²) in [5.41, 5.74) is 2.08. The minimum atomic E-state index is 0.591. The van der Waals surface area contributed by atoms with Crippen molar-refractivity contribution in [3.63, 3.8) is 0 Å². The van der Waals surface area contributed by atoms with E-state index in [4.69, 9.17) is 4.74 Å². The lowest BCUT2D eigenvalue weighted by atomic mass is 10.2. The van der Waals surface area contributed by atoms with Crippen molar-refractivity contribution >= 4 is 0 Å². The van der Waals surface area contributed by atoms with Crippen molar-refractivity contribution < 1.29 is 4.74 Å². The molecule has 18 heavy (non-hydrogen) atoms. The van der Waals surface area contributed by atoms with Gasteiger partial charge in [0.2, 0.25) is 11.8 Å². The Labute approximate surface area is 107 Å². The molecule has 0 aromatic carbocycles. The van der Waals surface area contributed by atoms with Crippen LogP contribution in [0.2, 0.25) is 0 Å². The molecule has 2 heterocycles. The highest BCUT2D eigenvalue weighted by Gasteiger charge is 2.05. The third-order valence-corrected chi connectivity index (χ3v) is 2.55. The van der Waals surface area contributed by atoms with E-state index in [2.05, 4.69) is 22.3 Å². The van der Waals surface area contributed by atoms with E-state index in [1.54, 1.807) is 10.9 Å². The van der Waals surface area contributed by atoms with Crippen LogP contribution >= 0.6 is 0 Å². The molecule has 2 aromatic rings. The maximum Gasteiger partial charge on any atom is 0.221 e. The van der Waals surface area contributed by atoms with Crippen LogP contribution in [0.5, 0.6) is 11.8 Å². The quantitative estimate of drug-likeness (QED) is 0.877. The summed E-state index contributed by atoms with van der Waals surface area (Å²) >= 11 is 0. The first-order valence-electron chi connectivity index (χ1n) is 6.03. The van der Waals surface area contributed by atoms with Gasteiger partial charge in [0.1, 0.15) is 0 Å².